The quantitative estimate of drug-likeness (QED) is 0.852. The van der Waals surface area contributed by atoms with Crippen molar-refractivity contribution in [3.05, 3.63) is 0 Å². The molecule has 120 valence electrons. The van der Waals surface area contributed by atoms with E-state index in [0.29, 0.717) is 19.1 Å². The Morgan fingerprint density at radius 3 is 2.48 bits per heavy atom. The Kier molecular flexibility index (Phi) is 4.79. The van der Waals surface area contributed by atoms with Crippen LogP contribution in [-0.4, -0.2) is 41.6 Å². The summed E-state index contributed by atoms with van der Waals surface area (Å²) in [6.07, 6.45) is 3.56. The third-order valence-corrected chi connectivity index (χ3v) is 4.16. The predicted octanol–water partition coefficient (Wildman–Crippen LogP) is 2.55. The molecule has 1 unspecified atom stereocenters. The van der Waals surface area contributed by atoms with Crippen molar-refractivity contribution in [2.75, 3.05) is 13.1 Å². The van der Waals surface area contributed by atoms with Gasteiger partial charge in [0.15, 0.2) is 0 Å². The molecule has 5 nitrogen and oxygen atoms in total. The van der Waals surface area contributed by atoms with Gasteiger partial charge in [-0.05, 0) is 52.4 Å². The number of hydrogen-bond donors (Lipinski definition) is 1. The van der Waals surface area contributed by atoms with Crippen molar-refractivity contribution >= 4 is 12.0 Å². The lowest BCUT2D eigenvalue weighted by molar-refractivity contribution is -0.128. The van der Waals surface area contributed by atoms with E-state index in [1.807, 2.05) is 20.8 Å². The molecule has 2 amide bonds. The van der Waals surface area contributed by atoms with Gasteiger partial charge in [-0.25, -0.2) is 4.79 Å². The fourth-order valence-corrected chi connectivity index (χ4v) is 3.02. The molecule has 1 atom stereocenters. The van der Waals surface area contributed by atoms with Crippen LogP contribution in [0.2, 0.25) is 0 Å². The zero-order chi connectivity index (χ0) is 15.6. The number of piperidine rings is 1. The predicted molar refractivity (Wildman–Crippen MR) is 80.9 cm³/mol. The molecule has 1 aliphatic heterocycles. The number of nitrogens with zero attached hydrogens (tertiary/aromatic N) is 1. The Balaban J connectivity index is 1.82. The van der Waals surface area contributed by atoms with Crippen molar-refractivity contribution in [1.29, 1.82) is 0 Å². The fraction of sp³-hybridized carbons (Fsp3) is 0.875. The van der Waals surface area contributed by atoms with Gasteiger partial charge in [0.2, 0.25) is 5.91 Å². The number of likely N-dealkylation sites (tertiary alicyclic amines) is 1. The normalized spacial score (nSPS) is 29.5. The van der Waals surface area contributed by atoms with E-state index < -0.39 is 5.60 Å². The highest BCUT2D eigenvalue weighted by Gasteiger charge is 2.33. The average Bonchev–Trinajstić information content (AvgIpc) is 2.35. The lowest BCUT2D eigenvalue weighted by Gasteiger charge is -2.37. The van der Waals surface area contributed by atoms with E-state index in [2.05, 4.69) is 12.2 Å². The third kappa shape index (κ3) is 4.61. The van der Waals surface area contributed by atoms with E-state index in [9.17, 15) is 9.59 Å². The first-order chi connectivity index (χ1) is 9.74. The molecule has 1 aliphatic carbocycles. The van der Waals surface area contributed by atoms with Crippen LogP contribution in [0, 0.1) is 11.8 Å². The van der Waals surface area contributed by atoms with Crippen molar-refractivity contribution < 1.29 is 14.3 Å². The first-order valence-corrected chi connectivity index (χ1v) is 8.03. The second kappa shape index (κ2) is 6.24. The van der Waals surface area contributed by atoms with Gasteiger partial charge in [0.1, 0.15) is 5.60 Å². The molecule has 0 bridgehead atoms. The monoisotopic (exact) mass is 296 g/mol. The summed E-state index contributed by atoms with van der Waals surface area (Å²) in [5.41, 5.74) is -0.492. The van der Waals surface area contributed by atoms with Crippen molar-refractivity contribution in [2.24, 2.45) is 11.8 Å². The molecule has 0 aromatic carbocycles. The van der Waals surface area contributed by atoms with Crippen molar-refractivity contribution in [2.45, 2.75) is 65.0 Å². The average molecular weight is 296 g/mol. The SMILES string of the molecule is CC1CC(NC(=O)C2CCCN(C(=O)OC(C)(C)C)C2)C1. The number of amides is 2. The number of nitrogens with one attached hydrogen (secondary N) is 1. The van der Waals surface area contributed by atoms with Crippen molar-refractivity contribution in [1.82, 2.24) is 10.2 Å². The summed E-state index contributed by atoms with van der Waals surface area (Å²) in [5, 5.41) is 3.11. The Hall–Kier alpha value is -1.26. The summed E-state index contributed by atoms with van der Waals surface area (Å²) in [5.74, 6) is 0.724. The molecule has 0 spiro atoms. The van der Waals surface area contributed by atoms with Crippen LogP contribution in [0.15, 0.2) is 0 Å². The number of carbonyl (C=O) groups excluding carboxylic acids is 2. The van der Waals surface area contributed by atoms with Gasteiger partial charge in [0.05, 0.1) is 5.92 Å². The molecule has 2 rings (SSSR count). The summed E-state index contributed by atoms with van der Waals surface area (Å²) in [4.78, 5) is 26.0. The molecule has 2 aliphatic rings. The van der Waals surface area contributed by atoms with E-state index >= 15 is 0 Å². The number of carbonyl (C=O) groups is 2. The number of ether oxygens (including phenoxy) is 1. The van der Waals surface area contributed by atoms with Crippen LogP contribution in [0.3, 0.4) is 0 Å². The molecule has 21 heavy (non-hydrogen) atoms. The minimum Gasteiger partial charge on any atom is -0.444 e. The van der Waals surface area contributed by atoms with Crippen LogP contribution in [0.5, 0.6) is 0 Å². The van der Waals surface area contributed by atoms with Crippen LogP contribution < -0.4 is 5.32 Å². The molecule has 1 heterocycles. The van der Waals surface area contributed by atoms with Crippen LogP contribution in [-0.2, 0) is 9.53 Å². The Morgan fingerprint density at radius 1 is 1.24 bits per heavy atom. The molecular formula is C16H28N2O3. The van der Waals surface area contributed by atoms with Gasteiger partial charge < -0.3 is 15.0 Å². The highest BCUT2D eigenvalue weighted by Crippen LogP contribution is 2.27. The highest BCUT2D eigenvalue weighted by molar-refractivity contribution is 5.80. The molecule has 1 N–H and O–H groups in total. The van der Waals surface area contributed by atoms with Crippen LogP contribution in [0.1, 0.15) is 53.4 Å². The molecule has 0 aromatic heterocycles. The molecule has 0 radical (unpaired) electrons. The summed E-state index contributed by atoms with van der Waals surface area (Å²) in [7, 11) is 0. The second-order valence-corrected chi connectivity index (χ2v) is 7.55. The zero-order valence-electron chi connectivity index (χ0n) is 13.6. The Labute approximate surface area is 127 Å². The van der Waals surface area contributed by atoms with E-state index in [1.165, 1.54) is 0 Å². The van der Waals surface area contributed by atoms with Gasteiger partial charge in [-0.3, -0.25) is 4.79 Å². The molecule has 2 fully saturated rings. The van der Waals surface area contributed by atoms with Gasteiger partial charge in [-0.1, -0.05) is 6.92 Å². The number of rotatable bonds is 2. The van der Waals surface area contributed by atoms with E-state index in [-0.39, 0.29) is 17.9 Å². The molecule has 1 saturated carbocycles. The minimum absolute atomic E-state index is 0.0952. The second-order valence-electron chi connectivity index (χ2n) is 7.55. The summed E-state index contributed by atoms with van der Waals surface area (Å²) < 4.78 is 5.39. The van der Waals surface area contributed by atoms with Gasteiger partial charge >= 0.3 is 6.09 Å². The molecule has 5 heteroatoms. The Morgan fingerprint density at radius 2 is 1.90 bits per heavy atom. The Bertz CT molecular complexity index is 397. The van der Waals surface area contributed by atoms with Gasteiger partial charge in [0, 0.05) is 19.1 Å². The lowest BCUT2D eigenvalue weighted by atomic mass is 9.81. The van der Waals surface area contributed by atoms with Crippen molar-refractivity contribution in [3.63, 3.8) is 0 Å². The topological polar surface area (TPSA) is 58.6 Å². The summed E-state index contributed by atoms with van der Waals surface area (Å²) in [6, 6.07) is 0.337. The van der Waals surface area contributed by atoms with Crippen LogP contribution in [0.4, 0.5) is 4.79 Å². The third-order valence-electron chi connectivity index (χ3n) is 4.16. The summed E-state index contributed by atoms with van der Waals surface area (Å²) >= 11 is 0. The summed E-state index contributed by atoms with van der Waals surface area (Å²) in [6.45, 7) is 8.93. The first-order valence-electron chi connectivity index (χ1n) is 8.03. The highest BCUT2D eigenvalue weighted by atomic mass is 16.6. The maximum Gasteiger partial charge on any atom is 0.410 e. The van der Waals surface area contributed by atoms with Gasteiger partial charge in [0.25, 0.3) is 0 Å². The van der Waals surface area contributed by atoms with Gasteiger partial charge in [-0.15, -0.1) is 0 Å². The van der Waals surface area contributed by atoms with Crippen molar-refractivity contribution in [3.8, 4) is 0 Å². The maximum atomic E-state index is 12.3. The molecule has 0 aromatic rings. The van der Waals surface area contributed by atoms with E-state index in [1.54, 1.807) is 4.90 Å². The zero-order valence-corrected chi connectivity index (χ0v) is 13.6. The largest absolute Gasteiger partial charge is 0.444 e. The van der Waals surface area contributed by atoms with Crippen LogP contribution >= 0.6 is 0 Å². The van der Waals surface area contributed by atoms with Gasteiger partial charge in [-0.2, -0.15) is 0 Å². The minimum atomic E-state index is -0.492. The fourth-order valence-electron chi connectivity index (χ4n) is 3.02. The number of hydrogen-bond acceptors (Lipinski definition) is 3. The van der Waals surface area contributed by atoms with E-state index in [4.69, 9.17) is 4.74 Å². The molecule has 1 saturated heterocycles. The standard InChI is InChI=1S/C16H28N2O3/c1-11-8-13(9-11)17-14(19)12-6-5-7-18(10-12)15(20)21-16(2,3)4/h11-13H,5-10H2,1-4H3,(H,17,19). The first kappa shape index (κ1) is 16.1. The van der Waals surface area contributed by atoms with Crippen LogP contribution in [0.25, 0.3) is 0 Å². The smallest absolute Gasteiger partial charge is 0.410 e. The maximum absolute atomic E-state index is 12.3. The lowest BCUT2D eigenvalue weighted by Crippen LogP contribution is -2.50. The molecular weight excluding hydrogens is 268 g/mol. The van der Waals surface area contributed by atoms with E-state index in [0.717, 1.165) is 31.6 Å².